The van der Waals surface area contributed by atoms with Gasteiger partial charge in [0.15, 0.2) is 11.5 Å². The van der Waals surface area contributed by atoms with E-state index in [0.717, 1.165) is 17.4 Å². The van der Waals surface area contributed by atoms with E-state index in [1.165, 1.54) is 4.31 Å². The van der Waals surface area contributed by atoms with E-state index in [1.807, 2.05) is 58.9 Å². The Labute approximate surface area is 226 Å². The van der Waals surface area contributed by atoms with E-state index in [4.69, 9.17) is 9.47 Å². The summed E-state index contributed by atoms with van der Waals surface area (Å²) in [6.45, 7) is 10.1. The average Bonchev–Trinajstić information content (AvgIpc) is 3.29. The minimum atomic E-state index is -3.61. The Kier molecular flexibility index (Phi) is 9.30. The normalized spacial score (nSPS) is 13.6. The minimum Gasteiger partial charge on any atom is -0.454 e. The first kappa shape index (κ1) is 29.3. The van der Waals surface area contributed by atoms with Crippen molar-refractivity contribution in [3.05, 3.63) is 53.6 Å². The van der Waals surface area contributed by atoms with Gasteiger partial charge < -0.3 is 19.7 Å². The van der Waals surface area contributed by atoms with E-state index in [-0.39, 0.29) is 44.5 Å². The maximum Gasteiger partial charge on any atom is 0.243 e. The first-order chi connectivity index (χ1) is 17.8. The third kappa shape index (κ3) is 7.86. The summed E-state index contributed by atoms with van der Waals surface area (Å²) >= 11 is 0. The average molecular weight is 546 g/mol. The molecule has 0 bridgehead atoms. The van der Waals surface area contributed by atoms with Crippen molar-refractivity contribution >= 4 is 27.5 Å². The van der Waals surface area contributed by atoms with Crippen molar-refractivity contribution in [1.82, 2.24) is 10.2 Å². The van der Waals surface area contributed by atoms with Gasteiger partial charge in [0.25, 0.3) is 0 Å². The van der Waals surface area contributed by atoms with Gasteiger partial charge in [0.2, 0.25) is 28.6 Å². The van der Waals surface area contributed by atoms with Crippen LogP contribution in [0.2, 0.25) is 0 Å². The molecule has 0 aromatic heterocycles. The zero-order valence-electron chi connectivity index (χ0n) is 23.1. The lowest BCUT2D eigenvalue weighted by atomic mass is 10.0. The highest BCUT2D eigenvalue weighted by Crippen LogP contribution is 2.36. The van der Waals surface area contributed by atoms with Gasteiger partial charge in [-0.15, -0.1) is 0 Å². The lowest BCUT2D eigenvalue weighted by molar-refractivity contribution is -0.142. The standard InChI is InChI=1S/C28H39N3O6S/c1-7-23(27(33)29-28(3,4)5)30(18-21-12-10-20(2)11-13-21)26(32)9-8-16-31(38(6,34)35)22-14-15-24-25(17-22)37-19-36-24/h10-15,17,23H,7-9,16,18-19H2,1-6H3,(H,29,33). The number of aryl methyl sites for hydroxylation is 1. The lowest BCUT2D eigenvalue weighted by Crippen LogP contribution is -2.53. The van der Waals surface area contributed by atoms with Crippen molar-refractivity contribution in [3.8, 4) is 11.5 Å². The third-order valence-electron chi connectivity index (χ3n) is 6.15. The minimum absolute atomic E-state index is 0.0851. The van der Waals surface area contributed by atoms with Crippen LogP contribution in [0.25, 0.3) is 0 Å². The van der Waals surface area contributed by atoms with Crippen LogP contribution in [0.5, 0.6) is 11.5 Å². The van der Waals surface area contributed by atoms with Crippen molar-refractivity contribution < 1.29 is 27.5 Å². The molecule has 10 heteroatoms. The number of hydrogen-bond donors (Lipinski definition) is 1. The molecule has 0 radical (unpaired) electrons. The van der Waals surface area contributed by atoms with Gasteiger partial charge in [-0.25, -0.2) is 8.42 Å². The van der Waals surface area contributed by atoms with Gasteiger partial charge in [0, 0.05) is 31.1 Å². The zero-order chi connectivity index (χ0) is 28.1. The molecule has 1 aliphatic heterocycles. The Morgan fingerprint density at radius 3 is 2.32 bits per heavy atom. The van der Waals surface area contributed by atoms with Crippen LogP contribution in [0, 0.1) is 6.92 Å². The molecule has 2 amide bonds. The number of carbonyl (C=O) groups is 2. The van der Waals surface area contributed by atoms with Crippen LogP contribution >= 0.6 is 0 Å². The SMILES string of the molecule is CCC(C(=O)NC(C)(C)C)N(Cc1ccc(C)cc1)C(=O)CCCN(c1ccc2c(c1)OCO2)S(C)(=O)=O. The Morgan fingerprint density at radius 2 is 1.71 bits per heavy atom. The van der Waals surface area contributed by atoms with Gasteiger partial charge in [0.05, 0.1) is 11.9 Å². The van der Waals surface area contributed by atoms with Gasteiger partial charge in [-0.3, -0.25) is 13.9 Å². The van der Waals surface area contributed by atoms with Crippen molar-refractivity contribution in [2.24, 2.45) is 0 Å². The Morgan fingerprint density at radius 1 is 1.05 bits per heavy atom. The Balaban J connectivity index is 1.77. The fraction of sp³-hybridized carbons (Fsp3) is 0.500. The Hall–Kier alpha value is -3.27. The summed E-state index contributed by atoms with van der Waals surface area (Å²) in [6, 6.07) is 12.2. The smallest absolute Gasteiger partial charge is 0.243 e. The molecular formula is C28H39N3O6S. The molecule has 1 N–H and O–H groups in total. The fourth-order valence-corrected chi connectivity index (χ4v) is 5.26. The summed E-state index contributed by atoms with van der Waals surface area (Å²) in [5.41, 5.74) is 2.03. The molecule has 2 aromatic rings. The molecule has 1 aliphatic rings. The number of benzene rings is 2. The van der Waals surface area contributed by atoms with Gasteiger partial charge in [-0.1, -0.05) is 36.8 Å². The Bertz CT molecular complexity index is 1240. The molecular weight excluding hydrogens is 506 g/mol. The molecule has 38 heavy (non-hydrogen) atoms. The predicted octanol–water partition coefficient (Wildman–Crippen LogP) is 3.99. The highest BCUT2D eigenvalue weighted by atomic mass is 32.2. The van der Waals surface area contributed by atoms with E-state index in [1.54, 1.807) is 23.1 Å². The number of anilines is 1. The monoisotopic (exact) mass is 545 g/mol. The molecule has 1 atom stereocenters. The first-order valence-electron chi connectivity index (χ1n) is 12.8. The molecule has 3 rings (SSSR count). The van der Waals surface area contributed by atoms with E-state index in [0.29, 0.717) is 23.6 Å². The van der Waals surface area contributed by atoms with Gasteiger partial charge in [-0.2, -0.15) is 0 Å². The van der Waals surface area contributed by atoms with E-state index in [2.05, 4.69) is 5.32 Å². The van der Waals surface area contributed by atoms with Crippen LogP contribution < -0.4 is 19.1 Å². The summed E-state index contributed by atoms with van der Waals surface area (Å²) in [5, 5.41) is 2.99. The van der Waals surface area contributed by atoms with E-state index < -0.39 is 21.6 Å². The van der Waals surface area contributed by atoms with Gasteiger partial charge in [0.1, 0.15) is 6.04 Å². The lowest BCUT2D eigenvalue weighted by Gasteiger charge is -2.33. The highest BCUT2D eigenvalue weighted by Gasteiger charge is 2.31. The number of amides is 2. The van der Waals surface area contributed by atoms with Crippen molar-refractivity contribution in [2.45, 2.75) is 72.0 Å². The molecule has 0 aliphatic carbocycles. The van der Waals surface area contributed by atoms with Gasteiger partial charge in [-0.05, 0) is 58.2 Å². The second-order valence-electron chi connectivity index (χ2n) is 10.6. The summed E-state index contributed by atoms with van der Waals surface area (Å²) < 4.78 is 37.2. The number of nitrogens with zero attached hydrogens (tertiary/aromatic N) is 2. The van der Waals surface area contributed by atoms with Crippen LogP contribution in [0.15, 0.2) is 42.5 Å². The number of rotatable bonds is 11. The topological polar surface area (TPSA) is 105 Å². The van der Waals surface area contributed by atoms with Crippen LogP contribution in [0.1, 0.15) is 58.1 Å². The number of fused-ring (bicyclic) bond motifs is 1. The van der Waals surface area contributed by atoms with Crippen molar-refractivity contribution in [1.29, 1.82) is 0 Å². The number of ether oxygens (including phenoxy) is 2. The number of sulfonamides is 1. The molecule has 1 unspecified atom stereocenters. The molecule has 0 saturated carbocycles. The van der Waals surface area contributed by atoms with Gasteiger partial charge >= 0.3 is 0 Å². The van der Waals surface area contributed by atoms with Crippen molar-refractivity contribution in [3.63, 3.8) is 0 Å². The van der Waals surface area contributed by atoms with E-state index in [9.17, 15) is 18.0 Å². The largest absolute Gasteiger partial charge is 0.454 e. The maximum atomic E-state index is 13.5. The molecule has 208 valence electrons. The van der Waals surface area contributed by atoms with Crippen molar-refractivity contribution in [2.75, 3.05) is 23.9 Å². The summed E-state index contributed by atoms with van der Waals surface area (Å²) in [4.78, 5) is 28.3. The van der Waals surface area contributed by atoms with Crippen LogP contribution in [0.3, 0.4) is 0 Å². The van der Waals surface area contributed by atoms with Crippen LogP contribution in [-0.4, -0.2) is 56.3 Å². The molecule has 1 heterocycles. The molecule has 2 aromatic carbocycles. The molecule has 0 fully saturated rings. The predicted molar refractivity (Wildman–Crippen MR) is 148 cm³/mol. The van der Waals surface area contributed by atoms with Crippen LogP contribution in [0.4, 0.5) is 5.69 Å². The second-order valence-corrected chi connectivity index (χ2v) is 12.6. The quantitative estimate of drug-likeness (QED) is 0.458. The highest BCUT2D eigenvalue weighted by molar-refractivity contribution is 7.92. The van der Waals surface area contributed by atoms with Crippen LogP contribution in [-0.2, 0) is 26.2 Å². The number of nitrogens with one attached hydrogen (secondary N) is 1. The molecule has 0 spiro atoms. The first-order valence-corrected chi connectivity index (χ1v) is 14.7. The number of hydrogen-bond acceptors (Lipinski definition) is 6. The zero-order valence-corrected chi connectivity index (χ0v) is 23.9. The molecule has 9 nitrogen and oxygen atoms in total. The second kappa shape index (κ2) is 12.1. The maximum absolute atomic E-state index is 13.5. The molecule has 0 saturated heterocycles. The number of carbonyl (C=O) groups excluding carboxylic acids is 2. The summed E-state index contributed by atoms with van der Waals surface area (Å²) in [6.07, 6.45) is 1.95. The summed E-state index contributed by atoms with van der Waals surface area (Å²) in [5.74, 6) is 0.620. The third-order valence-corrected chi connectivity index (χ3v) is 7.35. The van der Waals surface area contributed by atoms with E-state index >= 15 is 0 Å². The fourth-order valence-electron chi connectivity index (χ4n) is 4.31. The summed E-state index contributed by atoms with van der Waals surface area (Å²) in [7, 11) is -3.61.